The van der Waals surface area contributed by atoms with Crippen molar-refractivity contribution in [3.63, 3.8) is 0 Å². The number of hydrogen-bond acceptors (Lipinski definition) is 9. The third kappa shape index (κ3) is 9.34. The van der Waals surface area contributed by atoms with Gasteiger partial charge in [-0.2, -0.15) is 4.98 Å². The molecule has 0 spiro atoms. The number of ether oxygens (including phenoxy) is 2. The highest BCUT2D eigenvalue weighted by atomic mass is 31.2. The van der Waals surface area contributed by atoms with E-state index in [2.05, 4.69) is 10.1 Å². The molecule has 3 rings (SSSR count). The second-order valence-electron chi connectivity index (χ2n) is 7.52. The topological polar surface area (TPSA) is 127 Å². The lowest BCUT2D eigenvalue weighted by Gasteiger charge is -2.22. The van der Waals surface area contributed by atoms with Crippen LogP contribution in [0.3, 0.4) is 0 Å². The van der Waals surface area contributed by atoms with Crippen molar-refractivity contribution in [2.24, 2.45) is 0 Å². The van der Waals surface area contributed by atoms with Crippen LogP contribution in [0, 0.1) is 0 Å². The fraction of sp³-hybridized carbons (Fsp3) is 0.476. The predicted molar refractivity (Wildman–Crippen MR) is 123 cm³/mol. The summed E-state index contributed by atoms with van der Waals surface area (Å²) in [5.74, 6) is -3.43. The Hall–Kier alpha value is -2.80. The van der Waals surface area contributed by atoms with Gasteiger partial charge in [0.2, 0.25) is 6.93 Å². The van der Waals surface area contributed by atoms with Crippen LogP contribution in [0.1, 0.15) is 26.5 Å². The van der Waals surface area contributed by atoms with Gasteiger partial charge in [-0.25, -0.2) is 27.4 Å². The molecule has 0 saturated carbocycles. The number of carbonyl (C=O) groups is 1. The number of esters is 1. The monoisotopic (exact) mass is 538 g/mol. The molecular formula is C21H27F4N4O6P. The second kappa shape index (κ2) is 14.1. The number of hydrogen-bond donors (Lipinski definition) is 2. The molecule has 0 amide bonds. The van der Waals surface area contributed by atoms with Gasteiger partial charge in [0.15, 0.2) is 0 Å². The van der Waals surface area contributed by atoms with E-state index < -0.39 is 58.4 Å². The minimum Gasteiger partial charge on any atom is -0.462 e. The first-order valence-corrected chi connectivity index (χ1v) is 11.8. The van der Waals surface area contributed by atoms with Gasteiger partial charge in [-0.1, -0.05) is 18.2 Å². The van der Waals surface area contributed by atoms with E-state index in [4.69, 9.17) is 24.3 Å². The molecule has 0 bridgehead atoms. The molecule has 15 heteroatoms. The van der Waals surface area contributed by atoms with Gasteiger partial charge >= 0.3 is 20.2 Å². The average Bonchev–Trinajstić information content (AvgIpc) is 3.10. The standard InChI is InChI=1S/C20H25F2N4O6P.CH2F2/c1-13(2)30-18(27)11-24-33(32-14-6-4-3-5-7-14)29-12-15-20(21,22)10-17(31-15)26-9-8-16(23)25-19(26)28;2-1-3/h3-9,13,15,17,24H,10-12H2,1-2H3,(H2,23,25,28);1H2. The zero-order valence-corrected chi connectivity index (χ0v) is 20.4. The Kier molecular flexibility index (Phi) is 11.5. The molecule has 1 fully saturated rings. The molecular weight excluding hydrogens is 511 g/mol. The van der Waals surface area contributed by atoms with Crippen molar-refractivity contribution < 1.29 is 40.9 Å². The number of rotatable bonds is 10. The molecule has 3 N–H and O–H groups in total. The van der Waals surface area contributed by atoms with Gasteiger partial charge in [0, 0.05) is 6.20 Å². The van der Waals surface area contributed by atoms with Gasteiger partial charge in [0.25, 0.3) is 5.92 Å². The first kappa shape index (κ1) is 29.4. The van der Waals surface area contributed by atoms with Crippen molar-refractivity contribution in [2.45, 2.75) is 44.6 Å². The highest BCUT2D eigenvalue weighted by Gasteiger charge is 2.51. The number of benzene rings is 1. The number of alkyl halides is 4. The summed E-state index contributed by atoms with van der Waals surface area (Å²) in [5.41, 5.74) is 4.65. The van der Waals surface area contributed by atoms with Crippen LogP contribution in [0.2, 0.25) is 0 Å². The fourth-order valence-corrected chi connectivity index (χ4v) is 3.97. The summed E-state index contributed by atoms with van der Waals surface area (Å²) < 4.78 is 71.1. The van der Waals surface area contributed by atoms with E-state index in [0.29, 0.717) is 5.75 Å². The van der Waals surface area contributed by atoms with Crippen molar-refractivity contribution in [3.05, 3.63) is 53.1 Å². The zero-order chi connectivity index (χ0) is 26.7. The molecule has 2 heterocycles. The van der Waals surface area contributed by atoms with E-state index in [9.17, 15) is 27.2 Å². The summed E-state index contributed by atoms with van der Waals surface area (Å²) in [6, 6.07) is 9.87. The number of nitrogens with zero attached hydrogens (tertiary/aromatic N) is 2. The fourth-order valence-electron chi connectivity index (χ4n) is 2.92. The van der Waals surface area contributed by atoms with Crippen molar-refractivity contribution in [2.75, 3.05) is 25.8 Å². The molecule has 0 aliphatic carbocycles. The Morgan fingerprint density at radius 2 is 1.97 bits per heavy atom. The molecule has 1 aromatic carbocycles. The first-order chi connectivity index (χ1) is 17.1. The predicted octanol–water partition coefficient (Wildman–Crippen LogP) is 3.49. The van der Waals surface area contributed by atoms with Crippen LogP contribution >= 0.6 is 8.53 Å². The molecule has 0 radical (unpaired) electrons. The van der Waals surface area contributed by atoms with Crippen LogP contribution < -0.4 is 21.0 Å². The van der Waals surface area contributed by atoms with Gasteiger partial charge in [-0.05, 0) is 32.0 Å². The van der Waals surface area contributed by atoms with Gasteiger partial charge in [-0.3, -0.25) is 9.36 Å². The van der Waals surface area contributed by atoms with Crippen LogP contribution in [0.5, 0.6) is 5.75 Å². The molecule has 200 valence electrons. The van der Waals surface area contributed by atoms with E-state index in [1.54, 1.807) is 44.2 Å². The van der Waals surface area contributed by atoms with Crippen LogP contribution in [0.15, 0.2) is 47.4 Å². The zero-order valence-electron chi connectivity index (χ0n) is 19.5. The summed E-state index contributed by atoms with van der Waals surface area (Å²) in [5, 5.41) is 2.75. The normalized spacial score (nSPS) is 19.3. The maximum atomic E-state index is 14.6. The van der Waals surface area contributed by atoms with Crippen LogP contribution in [-0.4, -0.2) is 53.7 Å². The Balaban J connectivity index is 0.00000145. The lowest BCUT2D eigenvalue weighted by Crippen LogP contribution is -2.33. The number of para-hydroxylation sites is 1. The SMILES string of the molecule is CC(C)OC(=O)CNP(OCC1OC(n2ccc(N)nc2=O)CC1(F)F)Oc1ccccc1.FCF. The minimum atomic E-state index is -3.28. The Bertz CT molecular complexity index is 1020. The number of carbonyl (C=O) groups excluding carboxylic acids is 1. The molecule has 10 nitrogen and oxygen atoms in total. The Morgan fingerprint density at radius 3 is 2.58 bits per heavy atom. The number of nitrogens with two attached hydrogens (primary N) is 1. The third-order valence-corrected chi connectivity index (χ3v) is 5.57. The highest BCUT2D eigenvalue weighted by Crippen LogP contribution is 2.43. The molecule has 2 aromatic rings. The highest BCUT2D eigenvalue weighted by molar-refractivity contribution is 7.45. The van der Waals surface area contributed by atoms with E-state index in [1.807, 2.05) is 0 Å². The minimum absolute atomic E-state index is 0.0216. The lowest BCUT2D eigenvalue weighted by molar-refractivity contribution is -0.145. The van der Waals surface area contributed by atoms with Gasteiger partial charge in [-0.15, -0.1) is 0 Å². The van der Waals surface area contributed by atoms with Crippen LogP contribution in [0.4, 0.5) is 23.4 Å². The summed E-state index contributed by atoms with van der Waals surface area (Å²) >= 11 is 0. The smallest absolute Gasteiger partial charge is 0.351 e. The van der Waals surface area contributed by atoms with Crippen molar-refractivity contribution in [3.8, 4) is 5.75 Å². The number of aromatic nitrogens is 2. The second-order valence-corrected chi connectivity index (χ2v) is 8.79. The lowest BCUT2D eigenvalue weighted by atomic mass is 10.2. The summed E-state index contributed by atoms with van der Waals surface area (Å²) in [4.78, 5) is 27.4. The maximum absolute atomic E-state index is 14.6. The Morgan fingerprint density at radius 1 is 1.31 bits per heavy atom. The van der Waals surface area contributed by atoms with Gasteiger partial charge < -0.3 is 24.3 Å². The number of nitrogens with one attached hydrogen (secondary N) is 1. The summed E-state index contributed by atoms with van der Waals surface area (Å²) in [7, 11) is -1.99. The molecule has 1 saturated heterocycles. The van der Waals surface area contributed by atoms with Crippen molar-refractivity contribution in [1.82, 2.24) is 14.6 Å². The summed E-state index contributed by atoms with van der Waals surface area (Å²) in [6.07, 6.45) is -2.68. The van der Waals surface area contributed by atoms with E-state index >= 15 is 0 Å². The quantitative estimate of drug-likeness (QED) is 0.266. The van der Waals surface area contributed by atoms with Gasteiger partial charge in [0.1, 0.15) is 30.4 Å². The Labute approximate surface area is 205 Å². The van der Waals surface area contributed by atoms with Gasteiger partial charge in [0.05, 0.1) is 19.1 Å². The largest absolute Gasteiger partial charge is 0.462 e. The third-order valence-electron chi connectivity index (χ3n) is 4.40. The van der Waals surface area contributed by atoms with E-state index in [1.165, 1.54) is 12.3 Å². The summed E-state index contributed by atoms with van der Waals surface area (Å²) in [6.45, 7) is 0.865. The van der Waals surface area contributed by atoms with Crippen molar-refractivity contribution in [1.29, 1.82) is 0 Å². The first-order valence-electron chi connectivity index (χ1n) is 10.6. The average molecular weight is 538 g/mol. The molecule has 1 aromatic heterocycles. The maximum Gasteiger partial charge on any atom is 0.351 e. The number of halogens is 4. The van der Waals surface area contributed by atoms with Crippen LogP contribution in [-0.2, 0) is 18.8 Å². The number of anilines is 1. The molecule has 36 heavy (non-hydrogen) atoms. The molecule has 3 atom stereocenters. The van der Waals surface area contributed by atoms with Crippen molar-refractivity contribution >= 4 is 20.3 Å². The van der Waals surface area contributed by atoms with E-state index in [-0.39, 0.29) is 18.5 Å². The van der Waals surface area contributed by atoms with E-state index in [0.717, 1.165) is 4.57 Å². The molecule has 1 aliphatic heterocycles. The molecule has 3 unspecified atom stereocenters. The number of nitrogen functional groups attached to an aromatic ring is 1. The van der Waals surface area contributed by atoms with Crippen LogP contribution in [0.25, 0.3) is 0 Å². The molecule has 1 aliphatic rings.